The van der Waals surface area contributed by atoms with Gasteiger partial charge in [0.15, 0.2) is 0 Å². The van der Waals surface area contributed by atoms with Crippen LogP contribution < -0.4 is 16.2 Å². The molecule has 2 bridgehead atoms. The lowest BCUT2D eigenvalue weighted by Gasteiger charge is -2.43. The standard InChI is InChI=1S/C25H32N4O3/c1-15(2)23(24(31)26-20-9-16(3)8-17(4)10-20)27-25(32)28-12-18-11-19(14-28)21-6-5-7-22(30)29(21)13-18/h5-10,15,18-19,23H,11-14H2,1-4H3,(H,26,31)(H,27,32)/t18-,19?,23+/m1/s1. The maximum atomic E-state index is 13.2. The minimum atomic E-state index is -0.639. The number of anilines is 1. The second kappa shape index (κ2) is 8.81. The number of hydrogen-bond acceptors (Lipinski definition) is 3. The van der Waals surface area contributed by atoms with Gasteiger partial charge in [-0.1, -0.05) is 26.0 Å². The van der Waals surface area contributed by atoms with Gasteiger partial charge in [0.25, 0.3) is 5.56 Å². The van der Waals surface area contributed by atoms with Crippen molar-refractivity contribution >= 4 is 17.6 Å². The van der Waals surface area contributed by atoms with Gasteiger partial charge >= 0.3 is 6.03 Å². The first kappa shape index (κ1) is 22.1. The Kier molecular flexibility index (Phi) is 6.09. The van der Waals surface area contributed by atoms with E-state index in [1.165, 1.54) is 0 Å². The lowest BCUT2D eigenvalue weighted by Crippen LogP contribution is -2.56. The minimum Gasteiger partial charge on any atom is -0.326 e. The first-order chi connectivity index (χ1) is 15.2. The largest absolute Gasteiger partial charge is 0.326 e. The molecule has 1 fully saturated rings. The third-order valence-corrected chi connectivity index (χ3v) is 6.48. The number of urea groups is 1. The molecule has 3 heterocycles. The molecule has 170 valence electrons. The Balaban J connectivity index is 1.45. The summed E-state index contributed by atoms with van der Waals surface area (Å²) >= 11 is 0. The number of carbonyl (C=O) groups is 2. The highest BCUT2D eigenvalue weighted by atomic mass is 16.2. The molecule has 3 atom stereocenters. The molecule has 3 amide bonds. The van der Waals surface area contributed by atoms with Crippen molar-refractivity contribution in [3.63, 3.8) is 0 Å². The van der Waals surface area contributed by atoms with Gasteiger partial charge in [-0.25, -0.2) is 4.79 Å². The number of hydrogen-bond donors (Lipinski definition) is 2. The fraction of sp³-hybridized carbons (Fsp3) is 0.480. The number of piperidine rings is 1. The summed E-state index contributed by atoms with van der Waals surface area (Å²) in [4.78, 5) is 40.2. The number of pyridine rings is 1. The van der Waals surface area contributed by atoms with Crippen molar-refractivity contribution in [2.45, 2.75) is 52.6 Å². The monoisotopic (exact) mass is 436 g/mol. The van der Waals surface area contributed by atoms with Gasteiger partial charge in [0.1, 0.15) is 6.04 Å². The molecular formula is C25H32N4O3. The second-order valence-corrected chi connectivity index (χ2v) is 9.64. The predicted octanol–water partition coefficient (Wildman–Crippen LogP) is 3.26. The molecule has 1 saturated heterocycles. The molecule has 1 unspecified atom stereocenters. The van der Waals surface area contributed by atoms with Crippen molar-refractivity contribution in [2.24, 2.45) is 11.8 Å². The predicted molar refractivity (Wildman–Crippen MR) is 125 cm³/mol. The van der Waals surface area contributed by atoms with Gasteiger partial charge in [0.05, 0.1) is 0 Å². The van der Waals surface area contributed by atoms with Gasteiger partial charge in [0, 0.05) is 43.0 Å². The summed E-state index contributed by atoms with van der Waals surface area (Å²) in [6.07, 6.45) is 0.980. The molecule has 7 nitrogen and oxygen atoms in total. The average Bonchev–Trinajstić information content (AvgIpc) is 2.71. The third-order valence-electron chi connectivity index (χ3n) is 6.48. The Morgan fingerprint density at radius 2 is 1.75 bits per heavy atom. The number of likely N-dealkylation sites (tertiary alicyclic amines) is 1. The van der Waals surface area contributed by atoms with Crippen molar-refractivity contribution in [1.82, 2.24) is 14.8 Å². The molecule has 0 saturated carbocycles. The Morgan fingerprint density at radius 1 is 1.03 bits per heavy atom. The number of nitrogens with one attached hydrogen (secondary N) is 2. The molecule has 2 aliphatic rings. The number of nitrogens with zero attached hydrogens (tertiary/aromatic N) is 2. The van der Waals surface area contributed by atoms with Gasteiger partial charge < -0.3 is 20.1 Å². The van der Waals surface area contributed by atoms with E-state index < -0.39 is 6.04 Å². The average molecular weight is 437 g/mol. The topological polar surface area (TPSA) is 83.4 Å². The Labute approximate surface area is 188 Å². The number of carbonyl (C=O) groups excluding carboxylic acids is 2. The molecule has 1 aromatic carbocycles. The fourth-order valence-corrected chi connectivity index (χ4v) is 5.09. The zero-order valence-corrected chi connectivity index (χ0v) is 19.2. The van der Waals surface area contributed by atoms with Crippen molar-refractivity contribution in [2.75, 3.05) is 18.4 Å². The molecular weight excluding hydrogens is 404 g/mol. The van der Waals surface area contributed by atoms with Gasteiger partial charge in [0.2, 0.25) is 5.91 Å². The second-order valence-electron chi connectivity index (χ2n) is 9.64. The van der Waals surface area contributed by atoms with E-state index in [0.717, 1.165) is 28.9 Å². The summed E-state index contributed by atoms with van der Waals surface area (Å²) in [6.45, 7) is 9.62. The van der Waals surface area contributed by atoms with Crippen LogP contribution in [-0.4, -0.2) is 40.5 Å². The van der Waals surface area contributed by atoms with Crippen LogP contribution in [0.5, 0.6) is 0 Å². The van der Waals surface area contributed by atoms with Crippen molar-refractivity contribution in [1.29, 1.82) is 0 Å². The van der Waals surface area contributed by atoms with Crippen LogP contribution >= 0.6 is 0 Å². The number of amides is 3. The van der Waals surface area contributed by atoms with E-state index in [0.29, 0.717) is 19.6 Å². The number of benzene rings is 1. The van der Waals surface area contributed by atoms with Gasteiger partial charge in [-0.15, -0.1) is 0 Å². The SMILES string of the molecule is Cc1cc(C)cc(NC(=O)[C@@H](NC(=O)N2CC3C[C@H](C2)Cn2c3cccc2=O)C(C)C)c1. The summed E-state index contributed by atoms with van der Waals surface area (Å²) in [5.74, 6) is 0.110. The van der Waals surface area contributed by atoms with E-state index in [1.54, 1.807) is 17.0 Å². The summed E-state index contributed by atoms with van der Waals surface area (Å²) in [5.41, 5.74) is 3.91. The summed E-state index contributed by atoms with van der Waals surface area (Å²) in [7, 11) is 0. The van der Waals surface area contributed by atoms with Crippen molar-refractivity contribution < 1.29 is 9.59 Å². The Bertz CT molecular complexity index is 1070. The number of aryl methyl sites for hydroxylation is 2. The highest BCUT2D eigenvalue weighted by Crippen LogP contribution is 2.35. The first-order valence-corrected chi connectivity index (χ1v) is 11.4. The third kappa shape index (κ3) is 4.56. The van der Waals surface area contributed by atoms with Gasteiger partial charge in [-0.2, -0.15) is 0 Å². The van der Waals surface area contributed by atoms with Crippen LogP contribution in [0.1, 0.15) is 43.0 Å². The van der Waals surface area contributed by atoms with Crippen LogP contribution in [0.2, 0.25) is 0 Å². The molecule has 2 aliphatic heterocycles. The fourth-order valence-electron chi connectivity index (χ4n) is 5.09. The molecule has 1 aromatic heterocycles. The molecule has 0 spiro atoms. The van der Waals surface area contributed by atoms with E-state index in [1.807, 2.05) is 50.5 Å². The molecule has 2 N–H and O–H groups in total. The van der Waals surface area contributed by atoms with Crippen LogP contribution in [0.15, 0.2) is 41.2 Å². The van der Waals surface area contributed by atoms with E-state index in [-0.39, 0.29) is 35.3 Å². The maximum Gasteiger partial charge on any atom is 0.318 e. The zero-order chi connectivity index (χ0) is 23.0. The van der Waals surface area contributed by atoms with Crippen LogP contribution in [0.25, 0.3) is 0 Å². The van der Waals surface area contributed by atoms with E-state index in [2.05, 4.69) is 16.7 Å². The van der Waals surface area contributed by atoms with E-state index >= 15 is 0 Å². The molecule has 7 heteroatoms. The number of fused-ring (bicyclic) bond motifs is 4. The van der Waals surface area contributed by atoms with Crippen LogP contribution in [0, 0.1) is 25.7 Å². The molecule has 0 aliphatic carbocycles. The Morgan fingerprint density at radius 3 is 2.44 bits per heavy atom. The van der Waals surface area contributed by atoms with Crippen LogP contribution in [0.3, 0.4) is 0 Å². The maximum absolute atomic E-state index is 13.2. The lowest BCUT2D eigenvalue weighted by molar-refractivity contribution is -0.118. The molecule has 32 heavy (non-hydrogen) atoms. The van der Waals surface area contributed by atoms with Crippen LogP contribution in [-0.2, 0) is 11.3 Å². The summed E-state index contributed by atoms with van der Waals surface area (Å²) in [5, 5.41) is 5.93. The van der Waals surface area contributed by atoms with Gasteiger partial charge in [-0.3, -0.25) is 9.59 Å². The number of aromatic nitrogens is 1. The number of rotatable bonds is 4. The quantitative estimate of drug-likeness (QED) is 0.772. The molecule has 2 aromatic rings. The Hall–Kier alpha value is -3.09. The van der Waals surface area contributed by atoms with E-state index in [4.69, 9.17) is 0 Å². The smallest absolute Gasteiger partial charge is 0.318 e. The zero-order valence-electron chi connectivity index (χ0n) is 19.2. The highest BCUT2D eigenvalue weighted by molar-refractivity contribution is 5.97. The summed E-state index contributed by atoms with van der Waals surface area (Å²) < 4.78 is 1.85. The highest BCUT2D eigenvalue weighted by Gasteiger charge is 2.37. The normalized spacial score (nSPS) is 20.5. The van der Waals surface area contributed by atoms with Gasteiger partial charge in [-0.05, 0) is 61.4 Å². The van der Waals surface area contributed by atoms with Crippen LogP contribution in [0.4, 0.5) is 10.5 Å². The summed E-state index contributed by atoms with van der Waals surface area (Å²) in [6, 6.07) is 10.4. The van der Waals surface area contributed by atoms with Crippen molar-refractivity contribution in [3.05, 3.63) is 63.6 Å². The molecule has 0 radical (unpaired) electrons. The van der Waals surface area contributed by atoms with Crippen molar-refractivity contribution in [3.8, 4) is 0 Å². The molecule has 4 rings (SSSR count). The van der Waals surface area contributed by atoms with E-state index in [9.17, 15) is 14.4 Å². The first-order valence-electron chi connectivity index (χ1n) is 11.4. The minimum absolute atomic E-state index is 0.0260. The lowest BCUT2D eigenvalue weighted by atomic mass is 9.83.